The Bertz CT molecular complexity index is 785. The highest BCUT2D eigenvalue weighted by Gasteiger charge is 2.18. The number of amides is 2. The molecule has 2 aromatic rings. The van der Waals surface area contributed by atoms with Crippen molar-refractivity contribution < 1.29 is 19.6 Å². The molecule has 0 radical (unpaired) electrons. The van der Waals surface area contributed by atoms with Crippen LogP contribution in [-0.4, -0.2) is 47.0 Å². The molecule has 3 rings (SSSR count). The van der Waals surface area contributed by atoms with E-state index in [0.717, 1.165) is 31.5 Å². The zero-order valence-electron chi connectivity index (χ0n) is 15.1. The average Bonchev–Trinajstić information content (AvgIpc) is 2.72. The maximum Gasteiger partial charge on any atom is 0.488 e. The number of piperidine rings is 1. The third-order valence-electron chi connectivity index (χ3n) is 4.77. The number of benzene rings is 2. The number of hydrogen-bond acceptors (Lipinski definition) is 4. The maximum atomic E-state index is 12.5. The molecule has 1 saturated heterocycles. The fourth-order valence-corrected chi connectivity index (χ4v) is 3.14. The lowest BCUT2D eigenvalue weighted by Crippen LogP contribution is -2.35. The van der Waals surface area contributed by atoms with E-state index in [9.17, 15) is 9.59 Å². The number of carbonyl (C=O) groups is 2. The number of likely N-dealkylation sites (tertiary alicyclic amines) is 1. The maximum absolute atomic E-state index is 12.5. The fourth-order valence-electron chi connectivity index (χ4n) is 3.14. The van der Waals surface area contributed by atoms with Gasteiger partial charge in [-0.1, -0.05) is 24.3 Å². The number of rotatable bonds is 5. The van der Waals surface area contributed by atoms with Gasteiger partial charge in [0.25, 0.3) is 11.8 Å². The third kappa shape index (κ3) is 4.96. The van der Waals surface area contributed by atoms with Crippen molar-refractivity contribution in [3.63, 3.8) is 0 Å². The Labute approximate surface area is 159 Å². The van der Waals surface area contributed by atoms with E-state index < -0.39 is 7.12 Å². The van der Waals surface area contributed by atoms with Crippen LogP contribution in [0.25, 0.3) is 0 Å². The van der Waals surface area contributed by atoms with Gasteiger partial charge in [-0.15, -0.1) is 0 Å². The second-order valence-electron chi connectivity index (χ2n) is 6.73. The molecule has 0 bridgehead atoms. The van der Waals surface area contributed by atoms with Crippen molar-refractivity contribution in [3.8, 4) is 0 Å². The summed E-state index contributed by atoms with van der Waals surface area (Å²) in [5.74, 6) is -0.182. The minimum Gasteiger partial charge on any atom is -0.423 e. The Hall–Kier alpha value is -2.64. The van der Waals surface area contributed by atoms with Crippen LogP contribution in [0.2, 0.25) is 0 Å². The van der Waals surface area contributed by atoms with Gasteiger partial charge in [-0.3, -0.25) is 9.59 Å². The summed E-state index contributed by atoms with van der Waals surface area (Å²) in [4.78, 5) is 26.5. The first-order valence-corrected chi connectivity index (χ1v) is 9.17. The molecule has 3 N–H and O–H groups in total. The van der Waals surface area contributed by atoms with Crippen LogP contribution < -0.4 is 10.8 Å². The number of nitrogens with zero attached hydrogens (tertiary/aromatic N) is 1. The molecule has 2 amide bonds. The van der Waals surface area contributed by atoms with E-state index in [2.05, 4.69) is 5.32 Å². The predicted octanol–water partition coefficient (Wildman–Crippen LogP) is 0.922. The van der Waals surface area contributed by atoms with Crippen LogP contribution in [0.3, 0.4) is 0 Å². The highest BCUT2D eigenvalue weighted by Crippen LogP contribution is 2.14. The first-order chi connectivity index (χ1) is 13.0. The van der Waals surface area contributed by atoms with Gasteiger partial charge in [-0.25, -0.2) is 0 Å². The molecular weight excluding hydrogens is 343 g/mol. The molecule has 140 valence electrons. The molecule has 1 aliphatic heterocycles. The molecule has 0 saturated carbocycles. The number of carbonyl (C=O) groups excluding carboxylic acids is 2. The Kier molecular flexibility index (Phi) is 6.26. The molecular formula is C20H23BN2O4. The van der Waals surface area contributed by atoms with Gasteiger partial charge >= 0.3 is 7.12 Å². The zero-order chi connectivity index (χ0) is 19.2. The van der Waals surface area contributed by atoms with E-state index in [1.165, 1.54) is 18.6 Å². The van der Waals surface area contributed by atoms with Crippen LogP contribution in [0, 0.1) is 0 Å². The van der Waals surface area contributed by atoms with Gasteiger partial charge in [0, 0.05) is 30.8 Å². The van der Waals surface area contributed by atoms with Gasteiger partial charge in [0.2, 0.25) is 0 Å². The number of hydrogen-bond donors (Lipinski definition) is 3. The molecule has 1 heterocycles. The van der Waals surface area contributed by atoms with E-state index in [1.807, 2.05) is 17.0 Å². The van der Waals surface area contributed by atoms with Gasteiger partial charge in [-0.2, -0.15) is 0 Å². The Morgan fingerprint density at radius 1 is 0.889 bits per heavy atom. The van der Waals surface area contributed by atoms with E-state index in [1.54, 1.807) is 24.3 Å². The summed E-state index contributed by atoms with van der Waals surface area (Å²) in [7, 11) is -1.55. The molecule has 0 aliphatic carbocycles. The standard InChI is InChI=1S/C20H23BN2O4/c24-19(16-8-10-18(11-9-16)21(26)27)22-14-15-4-6-17(7-5-15)20(25)23-12-2-1-3-13-23/h4-11,26-27H,1-3,12-14H2,(H,22,24). The monoisotopic (exact) mass is 366 g/mol. The molecule has 0 atom stereocenters. The summed E-state index contributed by atoms with van der Waals surface area (Å²) in [5, 5.41) is 21.0. The minimum absolute atomic E-state index is 0.0662. The molecule has 1 aliphatic rings. The molecule has 27 heavy (non-hydrogen) atoms. The average molecular weight is 366 g/mol. The van der Waals surface area contributed by atoms with Crippen molar-refractivity contribution in [1.82, 2.24) is 10.2 Å². The van der Waals surface area contributed by atoms with Crippen LogP contribution in [0.4, 0.5) is 0 Å². The quantitative estimate of drug-likeness (QED) is 0.687. The summed E-state index contributed by atoms with van der Waals surface area (Å²) in [6, 6.07) is 13.4. The Morgan fingerprint density at radius 3 is 2.07 bits per heavy atom. The van der Waals surface area contributed by atoms with Crippen molar-refractivity contribution >= 4 is 24.4 Å². The fraction of sp³-hybridized carbons (Fsp3) is 0.300. The topological polar surface area (TPSA) is 89.9 Å². The van der Waals surface area contributed by atoms with Gasteiger partial charge in [0.15, 0.2) is 0 Å². The van der Waals surface area contributed by atoms with Crippen molar-refractivity contribution in [2.45, 2.75) is 25.8 Å². The molecule has 0 unspecified atom stereocenters. The van der Waals surface area contributed by atoms with Crippen LogP contribution in [-0.2, 0) is 6.54 Å². The van der Waals surface area contributed by atoms with Crippen molar-refractivity contribution in [2.24, 2.45) is 0 Å². The third-order valence-corrected chi connectivity index (χ3v) is 4.77. The van der Waals surface area contributed by atoms with E-state index in [0.29, 0.717) is 23.1 Å². The summed E-state index contributed by atoms with van der Waals surface area (Å²) in [5.41, 5.74) is 2.35. The lowest BCUT2D eigenvalue weighted by atomic mass is 9.80. The first-order valence-electron chi connectivity index (χ1n) is 9.17. The highest BCUT2D eigenvalue weighted by atomic mass is 16.4. The summed E-state index contributed by atoms with van der Waals surface area (Å²) >= 11 is 0. The molecule has 1 fully saturated rings. The molecule has 7 heteroatoms. The summed E-state index contributed by atoms with van der Waals surface area (Å²) in [6.45, 7) is 1.99. The SMILES string of the molecule is O=C(NCc1ccc(C(=O)N2CCCCC2)cc1)c1ccc(B(O)O)cc1. The van der Waals surface area contributed by atoms with Crippen LogP contribution in [0.15, 0.2) is 48.5 Å². The van der Waals surface area contributed by atoms with E-state index >= 15 is 0 Å². The summed E-state index contributed by atoms with van der Waals surface area (Å²) < 4.78 is 0. The van der Waals surface area contributed by atoms with Crippen LogP contribution in [0.1, 0.15) is 45.5 Å². The van der Waals surface area contributed by atoms with Gasteiger partial charge < -0.3 is 20.3 Å². The second kappa shape index (κ2) is 8.84. The van der Waals surface area contributed by atoms with Gasteiger partial charge in [-0.05, 0) is 54.6 Å². The van der Waals surface area contributed by atoms with E-state index in [-0.39, 0.29) is 11.8 Å². The molecule has 0 aromatic heterocycles. The van der Waals surface area contributed by atoms with Crippen LogP contribution in [0.5, 0.6) is 0 Å². The second-order valence-corrected chi connectivity index (χ2v) is 6.73. The van der Waals surface area contributed by atoms with Crippen molar-refractivity contribution in [1.29, 1.82) is 0 Å². The molecule has 2 aromatic carbocycles. The Balaban J connectivity index is 1.55. The van der Waals surface area contributed by atoms with Crippen molar-refractivity contribution in [2.75, 3.05) is 13.1 Å². The number of nitrogens with one attached hydrogen (secondary N) is 1. The first kappa shape index (κ1) is 19.1. The zero-order valence-corrected chi connectivity index (χ0v) is 15.1. The van der Waals surface area contributed by atoms with Gasteiger partial charge in [0.1, 0.15) is 0 Å². The molecule has 0 spiro atoms. The van der Waals surface area contributed by atoms with Gasteiger partial charge in [0.05, 0.1) is 0 Å². The summed E-state index contributed by atoms with van der Waals surface area (Å²) in [6.07, 6.45) is 3.31. The Morgan fingerprint density at radius 2 is 1.48 bits per heavy atom. The van der Waals surface area contributed by atoms with E-state index in [4.69, 9.17) is 10.0 Å². The normalized spacial score (nSPS) is 13.9. The lowest BCUT2D eigenvalue weighted by Gasteiger charge is -2.26. The minimum atomic E-state index is -1.55. The highest BCUT2D eigenvalue weighted by molar-refractivity contribution is 6.58. The largest absolute Gasteiger partial charge is 0.488 e. The lowest BCUT2D eigenvalue weighted by molar-refractivity contribution is 0.0724. The predicted molar refractivity (Wildman–Crippen MR) is 104 cm³/mol. The molecule has 6 nitrogen and oxygen atoms in total. The van der Waals surface area contributed by atoms with Crippen molar-refractivity contribution in [3.05, 3.63) is 65.2 Å². The smallest absolute Gasteiger partial charge is 0.423 e. The van der Waals surface area contributed by atoms with Crippen LogP contribution >= 0.6 is 0 Å².